The Morgan fingerprint density at radius 1 is 1.19 bits per heavy atom. The van der Waals surface area contributed by atoms with Crippen molar-refractivity contribution in [3.63, 3.8) is 0 Å². The molecule has 3 rings (SSSR count). The molecule has 0 unspecified atom stereocenters. The molecule has 0 spiro atoms. The van der Waals surface area contributed by atoms with Gasteiger partial charge in [-0.3, -0.25) is 14.2 Å². The first-order chi connectivity index (χ1) is 10.1. The van der Waals surface area contributed by atoms with E-state index < -0.39 is 0 Å². The highest BCUT2D eigenvalue weighted by atomic mass is 35.5. The van der Waals surface area contributed by atoms with Gasteiger partial charge in [0.25, 0.3) is 5.56 Å². The fraction of sp³-hybridized carbons (Fsp3) is 0.0714. The molecule has 7 heteroatoms. The van der Waals surface area contributed by atoms with Crippen LogP contribution in [0.4, 0.5) is 5.82 Å². The van der Waals surface area contributed by atoms with Crippen LogP contribution in [-0.2, 0) is 6.54 Å². The lowest BCUT2D eigenvalue weighted by atomic mass is 10.3. The highest BCUT2D eigenvalue weighted by molar-refractivity contribution is 7.16. The quantitative estimate of drug-likeness (QED) is 0.784. The van der Waals surface area contributed by atoms with Crippen LogP contribution in [0.15, 0.2) is 46.0 Å². The van der Waals surface area contributed by atoms with Gasteiger partial charge in [-0.2, -0.15) is 0 Å². The van der Waals surface area contributed by atoms with E-state index in [0.717, 1.165) is 15.9 Å². The van der Waals surface area contributed by atoms with Crippen molar-refractivity contribution in [2.75, 3.05) is 5.73 Å². The number of benzene rings is 1. The summed E-state index contributed by atoms with van der Waals surface area (Å²) in [7, 11) is 0. The van der Waals surface area contributed by atoms with Gasteiger partial charge >= 0.3 is 4.87 Å². The van der Waals surface area contributed by atoms with Crippen molar-refractivity contribution in [3.8, 4) is 0 Å². The molecule has 21 heavy (non-hydrogen) atoms. The van der Waals surface area contributed by atoms with Crippen LogP contribution in [-0.4, -0.2) is 9.55 Å². The molecule has 2 N–H and O–H groups in total. The van der Waals surface area contributed by atoms with E-state index in [1.165, 1.54) is 0 Å². The summed E-state index contributed by atoms with van der Waals surface area (Å²) < 4.78 is 1.79. The van der Waals surface area contributed by atoms with Crippen molar-refractivity contribution in [2.24, 2.45) is 0 Å². The van der Waals surface area contributed by atoms with Gasteiger partial charge in [0.2, 0.25) is 0 Å². The van der Waals surface area contributed by atoms with Crippen LogP contribution in [0.5, 0.6) is 0 Å². The molecular weight excluding hydrogens is 310 g/mol. The first-order valence-corrected chi connectivity index (χ1v) is 7.29. The summed E-state index contributed by atoms with van der Waals surface area (Å²) in [4.78, 5) is 28.3. The Kier molecular flexibility index (Phi) is 3.48. The first kappa shape index (κ1) is 13.8. The third-order valence-electron chi connectivity index (χ3n) is 3.03. The van der Waals surface area contributed by atoms with Crippen molar-refractivity contribution >= 4 is 38.8 Å². The minimum absolute atomic E-state index is 0.00285. The predicted octanol–water partition coefficient (Wildman–Crippen LogP) is 2.10. The molecule has 3 aromatic rings. The van der Waals surface area contributed by atoms with Gasteiger partial charge in [-0.05, 0) is 24.3 Å². The van der Waals surface area contributed by atoms with E-state index in [0.29, 0.717) is 26.6 Å². The Morgan fingerprint density at radius 3 is 2.76 bits per heavy atom. The number of nitrogen functional groups attached to an aromatic ring is 1. The van der Waals surface area contributed by atoms with Crippen molar-refractivity contribution in [3.05, 3.63) is 67.1 Å². The Labute approximate surface area is 128 Å². The Balaban J connectivity index is 2.19. The second-order valence-corrected chi connectivity index (χ2v) is 5.82. The second kappa shape index (κ2) is 5.31. The molecule has 2 aromatic heterocycles. The standard InChI is InChI=1S/C14H10ClN3O2S/c15-9-5-6-12(16)17-10(9)7-18-13(19)8-3-1-2-4-11(8)21-14(18)20/h1-6H,7H2,(H2,16,17). The summed E-state index contributed by atoms with van der Waals surface area (Å²) in [6.45, 7) is 0.00285. The minimum atomic E-state index is -0.352. The van der Waals surface area contributed by atoms with E-state index >= 15 is 0 Å². The van der Waals surface area contributed by atoms with Gasteiger partial charge in [0.1, 0.15) is 5.82 Å². The van der Waals surface area contributed by atoms with Gasteiger partial charge in [-0.15, -0.1) is 0 Å². The van der Waals surface area contributed by atoms with Crippen LogP contribution in [0.3, 0.4) is 0 Å². The zero-order valence-electron chi connectivity index (χ0n) is 10.7. The van der Waals surface area contributed by atoms with Crippen LogP contribution in [0.25, 0.3) is 10.1 Å². The van der Waals surface area contributed by atoms with E-state index in [4.69, 9.17) is 17.3 Å². The highest BCUT2D eigenvalue weighted by Crippen LogP contribution is 2.16. The fourth-order valence-corrected chi connectivity index (χ4v) is 3.03. The Bertz CT molecular complexity index is 949. The summed E-state index contributed by atoms with van der Waals surface area (Å²) in [5.74, 6) is 0.291. The monoisotopic (exact) mass is 319 g/mol. The molecule has 1 aromatic carbocycles. The van der Waals surface area contributed by atoms with Crippen LogP contribution >= 0.6 is 22.9 Å². The van der Waals surface area contributed by atoms with Gasteiger partial charge in [0.15, 0.2) is 0 Å². The van der Waals surface area contributed by atoms with E-state index in [9.17, 15) is 9.59 Å². The molecule has 0 bridgehead atoms. The molecule has 0 amide bonds. The lowest BCUT2D eigenvalue weighted by molar-refractivity contribution is 0.734. The molecule has 0 atom stereocenters. The van der Waals surface area contributed by atoms with Crippen molar-refractivity contribution < 1.29 is 0 Å². The maximum atomic E-state index is 12.4. The SMILES string of the molecule is Nc1ccc(Cl)c(Cn2c(=O)sc3ccccc3c2=O)n1. The largest absolute Gasteiger partial charge is 0.384 e. The van der Waals surface area contributed by atoms with E-state index in [-0.39, 0.29) is 17.0 Å². The highest BCUT2D eigenvalue weighted by Gasteiger charge is 2.11. The van der Waals surface area contributed by atoms with Crippen molar-refractivity contribution in [2.45, 2.75) is 6.54 Å². The molecule has 0 radical (unpaired) electrons. The third-order valence-corrected chi connectivity index (χ3v) is 4.34. The zero-order valence-corrected chi connectivity index (χ0v) is 12.3. The molecule has 5 nitrogen and oxygen atoms in total. The number of aromatic nitrogens is 2. The molecule has 0 aliphatic heterocycles. The molecule has 2 heterocycles. The summed E-state index contributed by atoms with van der Waals surface area (Å²) >= 11 is 7.05. The number of hydrogen-bond acceptors (Lipinski definition) is 5. The summed E-state index contributed by atoms with van der Waals surface area (Å²) in [6, 6.07) is 10.2. The van der Waals surface area contributed by atoms with Crippen LogP contribution in [0.2, 0.25) is 5.02 Å². The molecule has 0 aliphatic carbocycles. The molecular formula is C14H10ClN3O2S. The maximum Gasteiger partial charge on any atom is 0.310 e. The van der Waals surface area contributed by atoms with Gasteiger partial charge in [0.05, 0.1) is 22.6 Å². The minimum Gasteiger partial charge on any atom is -0.384 e. The number of halogens is 1. The average Bonchev–Trinajstić information content (AvgIpc) is 2.47. The molecule has 0 saturated heterocycles. The lowest BCUT2D eigenvalue weighted by Crippen LogP contribution is -2.31. The van der Waals surface area contributed by atoms with Gasteiger partial charge in [-0.1, -0.05) is 35.1 Å². The second-order valence-electron chi connectivity index (χ2n) is 4.42. The molecule has 106 valence electrons. The smallest absolute Gasteiger partial charge is 0.310 e. The predicted molar refractivity (Wildman–Crippen MR) is 85.1 cm³/mol. The van der Waals surface area contributed by atoms with Gasteiger partial charge < -0.3 is 5.73 Å². The number of nitrogens with two attached hydrogens (primary N) is 1. The van der Waals surface area contributed by atoms with Crippen LogP contribution in [0, 0.1) is 0 Å². The van der Waals surface area contributed by atoms with Crippen LogP contribution < -0.4 is 16.2 Å². The van der Waals surface area contributed by atoms with Crippen molar-refractivity contribution in [1.82, 2.24) is 9.55 Å². The average molecular weight is 320 g/mol. The molecule has 0 aliphatic rings. The van der Waals surface area contributed by atoms with E-state index in [1.54, 1.807) is 36.4 Å². The topological polar surface area (TPSA) is 78.0 Å². The number of anilines is 1. The number of hydrogen-bond donors (Lipinski definition) is 1. The molecule has 0 fully saturated rings. The zero-order chi connectivity index (χ0) is 15.0. The Hall–Kier alpha value is -2.18. The number of fused-ring (bicyclic) bond motifs is 1. The first-order valence-electron chi connectivity index (χ1n) is 6.10. The third kappa shape index (κ3) is 2.55. The van der Waals surface area contributed by atoms with Crippen LogP contribution in [0.1, 0.15) is 5.69 Å². The number of nitrogens with zero attached hydrogens (tertiary/aromatic N) is 2. The Morgan fingerprint density at radius 2 is 1.95 bits per heavy atom. The normalized spacial score (nSPS) is 10.9. The number of rotatable bonds is 2. The van der Waals surface area contributed by atoms with E-state index in [1.807, 2.05) is 0 Å². The van der Waals surface area contributed by atoms with Gasteiger partial charge in [0, 0.05) is 4.70 Å². The van der Waals surface area contributed by atoms with E-state index in [2.05, 4.69) is 4.98 Å². The summed E-state index contributed by atoms with van der Waals surface area (Å²) in [5, 5.41) is 0.871. The fourth-order valence-electron chi connectivity index (χ4n) is 2.01. The molecule has 0 saturated carbocycles. The summed E-state index contributed by atoms with van der Waals surface area (Å²) in [5.41, 5.74) is 5.66. The maximum absolute atomic E-state index is 12.4. The summed E-state index contributed by atoms with van der Waals surface area (Å²) in [6.07, 6.45) is 0. The van der Waals surface area contributed by atoms with Gasteiger partial charge in [-0.25, -0.2) is 4.98 Å². The van der Waals surface area contributed by atoms with Crippen molar-refractivity contribution in [1.29, 1.82) is 0 Å². The lowest BCUT2D eigenvalue weighted by Gasteiger charge is -2.07. The number of pyridine rings is 1.